The zero-order valence-electron chi connectivity index (χ0n) is 4.68. The first-order valence-corrected chi connectivity index (χ1v) is 2.33. The first-order chi connectivity index (χ1) is 3.18. The molecule has 0 aromatic carbocycles. The van der Waals surface area contributed by atoms with E-state index in [0.717, 1.165) is 0 Å². The Bertz CT molecular complexity index is 80.6. The number of nitriles is 1. The average molecular weight is 98.1 g/mol. The fourth-order valence-corrected chi connectivity index (χ4v) is 0.118. The summed E-state index contributed by atoms with van der Waals surface area (Å²) in [5.74, 6) is -0.0139. The van der Waals surface area contributed by atoms with Crippen LogP contribution in [0.3, 0.4) is 0 Å². The summed E-state index contributed by atoms with van der Waals surface area (Å²) in [7, 11) is 0. The lowest BCUT2D eigenvalue weighted by molar-refractivity contribution is 0.593. The largest absolute Gasteiger partial charge is 0.327 e. The zero-order valence-corrected chi connectivity index (χ0v) is 4.68. The van der Waals surface area contributed by atoms with E-state index in [-0.39, 0.29) is 12.0 Å². The SMILES string of the molecule is CC(C#N)[C@H](C)N. The van der Waals surface area contributed by atoms with Crippen LogP contribution in [0.2, 0.25) is 0 Å². The van der Waals surface area contributed by atoms with Gasteiger partial charge in [0, 0.05) is 6.04 Å². The molecule has 0 aliphatic carbocycles. The van der Waals surface area contributed by atoms with Crippen molar-refractivity contribution in [2.75, 3.05) is 0 Å². The number of rotatable bonds is 1. The molecule has 0 spiro atoms. The molecule has 2 heteroatoms. The molecule has 0 aliphatic rings. The maximum Gasteiger partial charge on any atom is 0.0669 e. The summed E-state index contributed by atoms with van der Waals surface area (Å²) in [6.07, 6.45) is 0. The van der Waals surface area contributed by atoms with Crippen LogP contribution in [0, 0.1) is 17.2 Å². The molecule has 0 aliphatic heterocycles. The van der Waals surface area contributed by atoms with Gasteiger partial charge in [0.15, 0.2) is 0 Å². The predicted octanol–water partition coefficient (Wildman–Crippen LogP) is 0.493. The average Bonchev–Trinajstić information content (AvgIpc) is 1.65. The summed E-state index contributed by atoms with van der Waals surface area (Å²) in [5, 5.41) is 8.18. The van der Waals surface area contributed by atoms with Crippen molar-refractivity contribution >= 4 is 0 Å². The molecule has 0 aromatic heterocycles. The summed E-state index contributed by atoms with van der Waals surface area (Å²) in [5.41, 5.74) is 5.32. The highest BCUT2D eigenvalue weighted by Gasteiger charge is 2.02. The number of hydrogen-bond acceptors (Lipinski definition) is 2. The molecule has 40 valence electrons. The summed E-state index contributed by atoms with van der Waals surface area (Å²) in [6.45, 7) is 3.64. The van der Waals surface area contributed by atoms with Crippen LogP contribution in [0.1, 0.15) is 13.8 Å². The first kappa shape index (κ1) is 6.45. The Morgan fingerprint density at radius 3 is 2.00 bits per heavy atom. The number of nitrogens with zero attached hydrogens (tertiary/aromatic N) is 1. The maximum atomic E-state index is 8.18. The van der Waals surface area contributed by atoms with Crippen molar-refractivity contribution in [3.05, 3.63) is 0 Å². The van der Waals surface area contributed by atoms with Gasteiger partial charge in [-0.15, -0.1) is 0 Å². The highest BCUT2D eigenvalue weighted by atomic mass is 14.6. The van der Waals surface area contributed by atoms with E-state index in [1.54, 1.807) is 0 Å². The van der Waals surface area contributed by atoms with Crippen LogP contribution in [0.4, 0.5) is 0 Å². The smallest absolute Gasteiger partial charge is 0.0669 e. The Kier molecular flexibility index (Phi) is 2.39. The second-order valence-corrected chi connectivity index (χ2v) is 1.78. The van der Waals surface area contributed by atoms with Crippen molar-refractivity contribution in [2.45, 2.75) is 19.9 Å². The molecule has 7 heavy (non-hydrogen) atoms. The number of nitrogens with two attached hydrogens (primary N) is 1. The van der Waals surface area contributed by atoms with E-state index >= 15 is 0 Å². The van der Waals surface area contributed by atoms with E-state index < -0.39 is 0 Å². The monoisotopic (exact) mass is 98.1 g/mol. The molecule has 2 nitrogen and oxygen atoms in total. The lowest BCUT2D eigenvalue weighted by Crippen LogP contribution is -2.22. The Morgan fingerprint density at radius 1 is 1.57 bits per heavy atom. The second kappa shape index (κ2) is 2.59. The Morgan fingerprint density at radius 2 is 2.00 bits per heavy atom. The normalized spacial score (nSPS) is 17.4. The van der Waals surface area contributed by atoms with Crippen LogP contribution in [0.25, 0.3) is 0 Å². The fraction of sp³-hybridized carbons (Fsp3) is 0.800. The van der Waals surface area contributed by atoms with Crippen LogP contribution < -0.4 is 5.73 Å². The van der Waals surface area contributed by atoms with Gasteiger partial charge in [-0.05, 0) is 13.8 Å². The van der Waals surface area contributed by atoms with Gasteiger partial charge in [0.2, 0.25) is 0 Å². The topological polar surface area (TPSA) is 49.8 Å². The van der Waals surface area contributed by atoms with Gasteiger partial charge in [-0.3, -0.25) is 0 Å². The third-order valence-electron chi connectivity index (χ3n) is 0.992. The molecule has 0 fully saturated rings. The van der Waals surface area contributed by atoms with Gasteiger partial charge in [0.25, 0.3) is 0 Å². The van der Waals surface area contributed by atoms with Crippen LogP contribution in [-0.2, 0) is 0 Å². The van der Waals surface area contributed by atoms with Gasteiger partial charge in [-0.1, -0.05) is 0 Å². The van der Waals surface area contributed by atoms with Crippen molar-refractivity contribution < 1.29 is 0 Å². The van der Waals surface area contributed by atoms with Crippen molar-refractivity contribution in [3.8, 4) is 6.07 Å². The lowest BCUT2D eigenvalue weighted by Gasteiger charge is -2.02. The Balaban J connectivity index is 3.40. The molecule has 0 amide bonds. The molecule has 0 aromatic rings. The van der Waals surface area contributed by atoms with Crippen LogP contribution in [0.15, 0.2) is 0 Å². The Labute approximate surface area is 43.9 Å². The highest BCUT2D eigenvalue weighted by molar-refractivity contribution is 4.84. The van der Waals surface area contributed by atoms with Gasteiger partial charge < -0.3 is 5.73 Å². The molecular weight excluding hydrogens is 88.1 g/mol. The molecule has 0 heterocycles. The van der Waals surface area contributed by atoms with Gasteiger partial charge in [0.1, 0.15) is 0 Å². The molecular formula is C5H10N2. The zero-order chi connectivity index (χ0) is 5.86. The number of hydrogen-bond donors (Lipinski definition) is 1. The van der Waals surface area contributed by atoms with Crippen molar-refractivity contribution in [2.24, 2.45) is 11.7 Å². The molecule has 2 N–H and O–H groups in total. The fourth-order valence-electron chi connectivity index (χ4n) is 0.118. The summed E-state index contributed by atoms with van der Waals surface area (Å²) in [6, 6.07) is 2.04. The minimum Gasteiger partial charge on any atom is -0.327 e. The summed E-state index contributed by atoms with van der Waals surface area (Å²) < 4.78 is 0. The third kappa shape index (κ3) is 2.18. The highest BCUT2D eigenvalue weighted by Crippen LogP contribution is 1.94. The second-order valence-electron chi connectivity index (χ2n) is 1.78. The molecule has 0 saturated heterocycles. The van der Waals surface area contributed by atoms with Crippen LogP contribution in [0.5, 0.6) is 0 Å². The van der Waals surface area contributed by atoms with E-state index in [1.165, 1.54) is 0 Å². The van der Waals surface area contributed by atoms with Gasteiger partial charge in [0.05, 0.1) is 12.0 Å². The quantitative estimate of drug-likeness (QED) is 0.519. The first-order valence-electron chi connectivity index (χ1n) is 2.33. The van der Waals surface area contributed by atoms with E-state index in [9.17, 15) is 0 Å². The third-order valence-corrected chi connectivity index (χ3v) is 0.992. The molecule has 0 saturated carbocycles. The van der Waals surface area contributed by atoms with E-state index in [0.29, 0.717) is 0 Å². The maximum absolute atomic E-state index is 8.18. The standard InChI is InChI=1S/C5H10N2/c1-4(3-6)5(2)7/h4-5H,7H2,1-2H3/t4?,5-/m0/s1. The van der Waals surface area contributed by atoms with Gasteiger partial charge in [-0.25, -0.2) is 0 Å². The van der Waals surface area contributed by atoms with Gasteiger partial charge in [-0.2, -0.15) is 5.26 Å². The van der Waals surface area contributed by atoms with Gasteiger partial charge >= 0.3 is 0 Å². The van der Waals surface area contributed by atoms with Crippen molar-refractivity contribution in [3.63, 3.8) is 0 Å². The molecule has 0 bridgehead atoms. The summed E-state index contributed by atoms with van der Waals surface area (Å²) in [4.78, 5) is 0. The molecule has 0 rings (SSSR count). The minimum absolute atomic E-state index is 0.00463. The molecule has 1 unspecified atom stereocenters. The van der Waals surface area contributed by atoms with Crippen LogP contribution in [-0.4, -0.2) is 6.04 Å². The van der Waals surface area contributed by atoms with Crippen molar-refractivity contribution in [1.29, 1.82) is 5.26 Å². The summed E-state index contributed by atoms with van der Waals surface area (Å²) >= 11 is 0. The Hall–Kier alpha value is -0.550. The van der Waals surface area contributed by atoms with E-state index in [1.807, 2.05) is 19.9 Å². The molecule has 2 atom stereocenters. The van der Waals surface area contributed by atoms with E-state index in [4.69, 9.17) is 11.0 Å². The predicted molar refractivity (Wildman–Crippen MR) is 28.4 cm³/mol. The van der Waals surface area contributed by atoms with Crippen molar-refractivity contribution in [1.82, 2.24) is 0 Å². The van der Waals surface area contributed by atoms with E-state index in [2.05, 4.69) is 0 Å². The minimum atomic E-state index is -0.0139. The lowest BCUT2D eigenvalue weighted by atomic mass is 10.1. The van der Waals surface area contributed by atoms with Crippen LogP contribution >= 0.6 is 0 Å². The molecule has 0 radical (unpaired) electrons.